The lowest BCUT2D eigenvalue weighted by atomic mass is 9.95. The van der Waals surface area contributed by atoms with Crippen molar-refractivity contribution in [3.63, 3.8) is 0 Å². The maximum atomic E-state index is 13.7. The maximum Gasteiger partial charge on any atom is 0.303 e. The minimum absolute atomic E-state index is 0.291. The van der Waals surface area contributed by atoms with E-state index in [0.717, 1.165) is 37.6 Å². The highest BCUT2D eigenvalue weighted by Gasteiger charge is 2.51. The van der Waals surface area contributed by atoms with E-state index in [-0.39, 0.29) is 0 Å². The highest BCUT2D eigenvalue weighted by atomic mass is 16.7. The summed E-state index contributed by atoms with van der Waals surface area (Å²) >= 11 is 0. The fraction of sp³-hybridized carbons (Fsp3) is 0.469. The number of benzene rings is 2. The molecule has 1 heterocycles. The van der Waals surface area contributed by atoms with E-state index in [4.69, 9.17) is 18.9 Å². The molecule has 1 aliphatic heterocycles. The number of rotatable bonds is 11. The van der Waals surface area contributed by atoms with Crippen molar-refractivity contribution in [2.45, 2.75) is 85.2 Å². The van der Waals surface area contributed by atoms with Crippen molar-refractivity contribution in [3.05, 3.63) is 59.2 Å². The lowest BCUT2D eigenvalue weighted by Crippen LogP contribution is -2.67. The number of ether oxygens (including phenoxy) is 4. The number of hydrogen-bond acceptors (Lipinski definition) is 11. The number of aliphatic hydroxyl groups excluding tert-OH is 1. The number of amides is 2. The Balaban J connectivity index is 1.85. The molecule has 2 aromatic rings. The lowest BCUT2D eigenvalue weighted by Gasteiger charge is -2.43. The first kappa shape index (κ1) is 35.0. The molecule has 0 saturated carbocycles. The Labute approximate surface area is 261 Å². The van der Waals surface area contributed by atoms with E-state index in [1.165, 1.54) is 0 Å². The van der Waals surface area contributed by atoms with Crippen molar-refractivity contribution >= 4 is 41.1 Å². The number of carbonyl (C=O) groups is 5. The predicted molar refractivity (Wildman–Crippen MR) is 162 cm³/mol. The molecule has 0 spiro atoms. The fourth-order valence-corrected chi connectivity index (χ4v) is 4.90. The molecular weight excluding hydrogens is 586 g/mol. The molecule has 13 heteroatoms. The van der Waals surface area contributed by atoms with E-state index >= 15 is 0 Å². The molecule has 3 rings (SSSR count). The number of aliphatic hydroxyl groups is 1. The molecular formula is C32H41N3O10. The van der Waals surface area contributed by atoms with Crippen molar-refractivity contribution in [2.24, 2.45) is 5.92 Å². The fourth-order valence-electron chi connectivity index (χ4n) is 4.90. The molecule has 1 fully saturated rings. The van der Waals surface area contributed by atoms with Gasteiger partial charge in [-0.3, -0.25) is 24.0 Å². The molecule has 244 valence electrons. The second-order valence-corrected chi connectivity index (χ2v) is 11.2. The van der Waals surface area contributed by atoms with Crippen LogP contribution in [0.5, 0.6) is 0 Å². The Morgan fingerprint density at radius 1 is 0.867 bits per heavy atom. The van der Waals surface area contributed by atoms with Gasteiger partial charge in [0.25, 0.3) is 5.91 Å². The highest BCUT2D eigenvalue weighted by molar-refractivity contribution is 6.02. The summed E-state index contributed by atoms with van der Waals surface area (Å²) in [6.07, 6.45) is -5.76. The van der Waals surface area contributed by atoms with E-state index in [2.05, 4.69) is 16.0 Å². The average Bonchev–Trinajstić information content (AvgIpc) is 2.95. The van der Waals surface area contributed by atoms with Crippen LogP contribution in [0.3, 0.4) is 0 Å². The summed E-state index contributed by atoms with van der Waals surface area (Å²) in [6, 6.07) is 10.1. The van der Waals surface area contributed by atoms with Crippen molar-refractivity contribution in [2.75, 3.05) is 11.9 Å². The molecule has 4 N–H and O–H groups in total. The summed E-state index contributed by atoms with van der Waals surface area (Å²) in [5.74, 6) is -3.90. The van der Waals surface area contributed by atoms with Gasteiger partial charge in [0.05, 0.1) is 11.3 Å². The Hall–Kier alpha value is -4.49. The van der Waals surface area contributed by atoms with Crippen LogP contribution in [-0.2, 0) is 38.1 Å². The van der Waals surface area contributed by atoms with Gasteiger partial charge in [0.1, 0.15) is 24.8 Å². The van der Waals surface area contributed by atoms with Crippen LogP contribution in [0.15, 0.2) is 42.5 Å². The van der Waals surface area contributed by atoms with Crippen LogP contribution >= 0.6 is 0 Å². The molecule has 0 unspecified atom stereocenters. The molecule has 6 atom stereocenters. The summed E-state index contributed by atoms with van der Waals surface area (Å²) in [4.78, 5) is 62.6. The molecule has 1 aliphatic rings. The van der Waals surface area contributed by atoms with Gasteiger partial charge in [0.2, 0.25) is 5.91 Å². The second kappa shape index (κ2) is 15.5. The summed E-state index contributed by atoms with van der Waals surface area (Å²) < 4.78 is 21.3. The van der Waals surface area contributed by atoms with Gasteiger partial charge in [-0.1, -0.05) is 38.1 Å². The quantitative estimate of drug-likeness (QED) is 0.212. The SMILES string of the molecule is CC(=O)OC[C@H]1O[C@H](O)[C@H](NC(=O)[C@@H](NC(=O)c2ccccc2Nc2cccc(C)c2C)C(C)C)[C@@H](OC(C)=O)[C@@H]1OC(C)=O. The van der Waals surface area contributed by atoms with Crippen molar-refractivity contribution < 1.29 is 48.0 Å². The van der Waals surface area contributed by atoms with Crippen LogP contribution in [0.1, 0.15) is 56.1 Å². The molecule has 0 aliphatic carbocycles. The summed E-state index contributed by atoms with van der Waals surface area (Å²) in [7, 11) is 0. The highest BCUT2D eigenvalue weighted by Crippen LogP contribution is 2.28. The Morgan fingerprint density at radius 2 is 1.49 bits per heavy atom. The van der Waals surface area contributed by atoms with Gasteiger partial charge in [-0.05, 0) is 49.1 Å². The largest absolute Gasteiger partial charge is 0.463 e. The third kappa shape index (κ3) is 9.25. The zero-order chi connectivity index (χ0) is 33.4. The lowest BCUT2D eigenvalue weighted by molar-refractivity contribution is -0.264. The number of nitrogens with one attached hydrogen (secondary N) is 3. The molecule has 13 nitrogen and oxygen atoms in total. The van der Waals surface area contributed by atoms with Crippen LogP contribution in [0.2, 0.25) is 0 Å². The van der Waals surface area contributed by atoms with Gasteiger partial charge < -0.3 is 40.0 Å². The van der Waals surface area contributed by atoms with E-state index in [1.54, 1.807) is 38.1 Å². The zero-order valence-corrected chi connectivity index (χ0v) is 26.4. The van der Waals surface area contributed by atoms with Gasteiger partial charge in [0, 0.05) is 26.5 Å². The van der Waals surface area contributed by atoms with Crippen molar-refractivity contribution in [3.8, 4) is 0 Å². The van der Waals surface area contributed by atoms with Crippen LogP contribution in [0.4, 0.5) is 11.4 Å². The smallest absolute Gasteiger partial charge is 0.303 e. The van der Waals surface area contributed by atoms with E-state index in [9.17, 15) is 29.1 Å². The third-order valence-electron chi connectivity index (χ3n) is 7.31. The average molecular weight is 628 g/mol. The van der Waals surface area contributed by atoms with Gasteiger partial charge in [-0.2, -0.15) is 0 Å². The van der Waals surface area contributed by atoms with Gasteiger partial charge in [-0.25, -0.2) is 0 Å². The first-order valence-electron chi connectivity index (χ1n) is 14.5. The summed E-state index contributed by atoms with van der Waals surface area (Å²) in [5.41, 5.74) is 3.74. The second-order valence-electron chi connectivity index (χ2n) is 11.2. The topological polar surface area (TPSA) is 179 Å². The van der Waals surface area contributed by atoms with Crippen molar-refractivity contribution in [1.29, 1.82) is 0 Å². The summed E-state index contributed by atoms with van der Waals surface area (Å²) in [6.45, 7) is 10.3. The molecule has 0 bridgehead atoms. The minimum Gasteiger partial charge on any atom is -0.463 e. The van der Waals surface area contributed by atoms with Gasteiger partial charge in [-0.15, -0.1) is 0 Å². The Kier molecular flexibility index (Phi) is 12.0. The Morgan fingerprint density at radius 3 is 2.11 bits per heavy atom. The molecule has 45 heavy (non-hydrogen) atoms. The number of carbonyl (C=O) groups excluding carboxylic acids is 5. The number of esters is 3. The minimum atomic E-state index is -1.77. The van der Waals surface area contributed by atoms with E-state index in [0.29, 0.717) is 11.3 Å². The zero-order valence-electron chi connectivity index (χ0n) is 26.4. The Bertz CT molecular complexity index is 1410. The normalized spacial score (nSPS) is 21.7. The first-order chi connectivity index (χ1) is 21.2. The number of anilines is 2. The number of hydrogen-bond donors (Lipinski definition) is 4. The van der Waals surface area contributed by atoms with Crippen molar-refractivity contribution in [1.82, 2.24) is 10.6 Å². The number of aryl methyl sites for hydroxylation is 1. The third-order valence-corrected chi connectivity index (χ3v) is 7.31. The molecule has 1 saturated heterocycles. The summed E-state index contributed by atoms with van der Waals surface area (Å²) in [5, 5.41) is 19.5. The maximum absolute atomic E-state index is 13.7. The van der Waals surface area contributed by atoms with Gasteiger partial charge >= 0.3 is 17.9 Å². The standard InChI is InChI=1S/C32H41N3O10/c1-16(2)26(34-30(39)22-12-8-9-13-24(22)33-23-14-10-11-17(3)18(23)4)31(40)35-27-29(44-21(7)38)28(43-20(6)37)25(45-32(27)41)15-42-19(5)36/h8-14,16,25-29,32-33,41H,15H2,1-7H3,(H,34,39)(H,35,40)/t25-,26+,27-,28-,29-,32+/m1/s1. The molecule has 2 aromatic carbocycles. The molecule has 0 radical (unpaired) electrons. The van der Waals surface area contributed by atoms with Gasteiger partial charge in [0.15, 0.2) is 18.5 Å². The predicted octanol–water partition coefficient (Wildman–Crippen LogP) is 2.43. The molecule has 2 amide bonds. The van der Waals surface area contributed by atoms with E-state index < -0.39 is 78.9 Å². The van der Waals surface area contributed by atoms with Crippen LogP contribution in [0, 0.1) is 19.8 Å². The number of para-hydroxylation sites is 1. The van der Waals surface area contributed by atoms with Crippen LogP contribution in [-0.4, -0.2) is 78.1 Å². The van der Waals surface area contributed by atoms with E-state index in [1.807, 2.05) is 32.0 Å². The molecule has 0 aromatic heterocycles. The van der Waals surface area contributed by atoms with Crippen LogP contribution < -0.4 is 16.0 Å². The van der Waals surface area contributed by atoms with Crippen LogP contribution in [0.25, 0.3) is 0 Å². The monoisotopic (exact) mass is 627 g/mol. The first-order valence-corrected chi connectivity index (χ1v) is 14.5.